The Morgan fingerprint density at radius 2 is 1.80 bits per heavy atom. The predicted octanol–water partition coefficient (Wildman–Crippen LogP) is 3.80. The number of nitrogens with one attached hydrogen (secondary N) is 3. The number of methoxy groups -OCH3 is 1. The molecule has 0 aliphatic carbocycles. The number of carbonyl (C=O) groups excluding carboxylic acids is 3. The first-order chi connectivity index (χ1) is 21.5. The number of hydrogen-bond acceptors (Lipinski definition) is 7. The standard InChI is InChI=1S/C33H38N6O5/c1-3-6-27(36-33(42)43-2)21-44-39-18-5-8-30(39)32(41)35-19-23-9-11-24(12-10-23)25-13-15-26(16-14-25)28-20-34-31(37-28)29-7-4-17-38(29)22-40/h1,9-16,20,22,27,29-30H,4-8,17-19,21H2,2H3,(H,34,37)(H,35,41)(H,36,42)/t27-,29-,30-/m0/s1. The van der Waals surface area contributed by atoms with Crippen molar-refractivity contribution in [2.45, 2.75) is 56.8 Å². The summed E-state index contributed by atoms with van der Waals surface area (Å²) in [5.74, 6) is 3.24. The van der Waals surface area contributed by atoms with Crippen molar-refractivity contribution in [2.75, 3.05) is 26.8 Å². The van der Waals surface area contributed by atoms with Gasteiger partial charge in [-0.25, -0.2) is 9.78 Å². The number of aromatic amines is 1. The van der Waals surface area contributed by atoms with Crippen LogP contribution in [-0.2, 0) is 25.7 Å². The van der Waals surface area contributed by atoms with Crippen LogP contribution in [0.4, 0.5) is 4.79 Å². The summed E-state index contributed by atoms with van der Waals surface area (Å²) in [5.41, 5.74) is 5.09. The minimum absolute atomic E-state index is 0.0168. The minimum Gasteiger partial charge on any atom is -0.453 e. The lowest BCUT2D eigenvalue weighted by Gasteiger charge is -2.25. The van der Waals surface area contributed by atoms with Crippen LogP contribution in [0.1, 0.15) is 49.5 Å². The van der Waals surface area contributed by atoms with Crippen molar-refractivity contribution >= 4 is 18.4 Å². The van der Waals surface area contributed by atoms with E-state index in [4.69, 9.17) is 11.3 Å². The SMILES string of the molecule is C#CC[C@@H](CON1CCC[C@H]1C(=O)NCc1ccc(-c2ccc(-c3cnc([C@@H]4CCCN4C=O)[nH]3)cc2)cc1)NC(=O)OC. The third kappa shape index (κ3) is 7.45. The zero-order valence-electron chi connectivity index (χ0n) is 24.8. The van der Waals surface area contributed by atoms with Crippen LogP contribution in [0.25, 0.3) is 22.4 Å². The van der Waals surface area contributed by atoms with E-state index >= 15 is 0 Å². The highest BCUT2D eigenvalue weighted by Gasteiger charge is 2.32. The maximum absolute atomic E-state index is 13.0. The van der Waals surface area contributed by atoms with E-state index in [1.54, 1.807) is 9.96 Å². The molecule has 3 aromatic rings. The van der Waals surface area contributed by atoms with Crippen LogP contribution in [0.3, 0.4) is 0 Å². The third-order valence-electron chi connectivity index (χ3n) is 8.11. The average molecular weight is 599 g/mol. The van der Waals surface area contributed by atoms with E-state index < -0.39 is 18.2 Å². The topological polar surface area (TPSA) is 129 Å². The quantitative estimate of drug-likeness (QED) is 0.214. The fourth-order valence-corrected chi connectivity index (χ4v) is 5.69. The van der Waals surface area contributed by atoms with E-state index in [9.17, 15) is 14.4 Å². The highest BCUT2D eigenvalue weighted by atomic mass is 16.7. The lowest BCUT2D eigenvalue weighted by molar-refractivity contribution is -0.180. The zero-order chi connectivity index (χ0) is 30.9. The second-order valence-corrected chi connectivity index (χ2v) is 11.0. The molecule has 3 N–H and O–H groups in total. The summed E-state index contributed by atoms with van der Waals surface area (Å²) in [7, 11) is 1.29. The van der Waals surface area contributed by atoms with Crippen LogP contribution >= 0.6 is 0 Å². The Balaban J connectivity index is 1.12. The average Bonchev–Trinajstić information content (AvgIpc) is 3.84. The van der Waals surface area contributed by atoms with Gasteiger partial charge in [0.15, 0.2) is 0 Å². The first-order valence-electron chi connectivity index (χ1n) is 14.9. The molecule has 3 heterocycles. The summed E-state index contributed by atoms with van der Waals surface area (Å²) in [6, 6.07) is 15.6. The lowest BCUT2D eigenvalue weighted by Crippen LogP contribution is -2.45. The largest absolute Gasteiger partial charge is 0.453 e. The van der Waals surface area contributed by atoms with Crippen molar-refractivity contribution < 1.29 is 24.0 Å². The van der Waals surface area contributed by atoms with Gasteiger partial charge >= 0.3 is 6.09 Å². The molecule has 5 rings (SSSR count). The van der Waals surface area contributed by atoms with Gasteiger partial charge in [-0.3, -0.25) is 14.4 Å². The molecule has 0 unspecified atom stereocenters. The molecule has 11 heteroatoms. The molecule has 0 bridgehead atoms. The Labute approximate surface area is 257 Å². The van der Waals surface area contributed by atoms with E-state index in [1.807, 2.05) is 30.5 Å². The highest BCUT2D eigenvalue weighted by molar-refractivity contribution is 5.81. The van der Waals surface area contributed by atoms with E-state index in [-0.39, 0.29) is 25.0 Å². The first-order valence-corrected chi connectivity index (χ1v) is 14.9. The molecule has 2 aliphatic rings. The van der Waals surface area contributed by atoms with Crippen LogP contribution in [-0.4, -0.2) is 77.2 Å². The van der Waals surface area contributed by atoms with Crippen LogP contribution in [0.2, 0.25) is 0 Å². The highest BCUT2D eigenvalue weighted by Crippen LogP contribution is 2.31. The fraction of sp³-hybridized carbons (Fsp3) is 0.394. The maximum atomic E-state index is 13.0. The van der Waals surface area contributed by atoms with Crippen LogP contribution in [0.15, 0.2) is 54.7 Å². The van der Waals surface area contributed by atoms with Gasteiger partial charge in [0, 0.05) is 26.1 Å². The number of benzene rings is 2. The Morgan fingerprint density at radius 3 is 2.50 bits per heavy atom. The van der Waals surface area contributed by atoms with Gasteiger partial charge in [-0.1, -0.05) is 48.5 Å². The van der Waals surface area contributed by atoms with Gasteiger partial charge in [0.1, 0.15) is 11.9 Å². The van der Waals surface area contributed by atoms with Gasteiger partial charge in [0.2, 0.25) is 12.3 Å². The number of carbonyl (C=O) groups is 3. The van der Waals surface area contributed by atoms with Gasteiger partial charge in [-0.2, -0.15) is 5.06 Å². The molecule has 1 aromatic heterocycles. The Bertz CT molecular complexity index is 1470. The zero-order valence-corrected chi connectivity index (χ0v) is 24.8. The normalized spacial score (nSPS) is 18.9. The summed E-state index contributed by atoms with van der Waals surface area (Å²) in [5, 5.41) is 7.35. The maximum Gasteiger partial charge on any atom is 0.407 e. The number of ether oxygens (including phenoxy) is 1. The number of H-pyrrole nitrogens is 1. The number of imidazole rings is 1. The number of hydroxylamine groups is 2. The van der Waals surface area contributed by atoms with E-state index in [0.29, 0.717) is 19.5 Å². The van der Waals surface area contributed by atoms with Crippen LogP contribution in [0.5, 0.6) is 0 Å². The Hall–Kier alpha value is -4.66. The van der Waals surface area contributed by atoms with E-state index in [1.165, 1.54) is 7.11 Å². The predicted molar refractivity (Wildman–Crippen MR) is 165 cm³/mol. The minimum atomic E-state index is -0.580. The van der Waals surface area contributed by atoms with Crippen molar-refractivity contribution in [3.8, 4) is 34.7 Å². The van der Waals surface area contributed by atoms with E-state index in [0.717, 1.165) is 66.0 Å². The number of alkyl carbamates (subject to hydrolysis) is 1. The second-order valence-electron chi connectivity index (χ2n) is 11.0. The fourth-order valence-electron chi connectivity index (χ4n) is 5.69. The third-order valence-corrected chi connectivity index (χ3v) is 8.11. The molecule has 2 saturated heterocycles. The molecular weight excluding hydrogens is 560 g/mol. The number of aromatic nitrogens is 2. The monoisotopic (exact) mass is 598 g/mol. The molecule has 0 radical (unpaired) electrons. The number of rotatable bonds is 12. The van der Waals surface area contributed by atoms with Gasteiger partial charge in [0.25, 0.3) is 0 Å². The van der Waals surface area contributed by atoms with Gasteiger partial charge in [0.05, 0.1) is 37.7 Å². The molecule has 44 heavy (non-hydrogen) atoms. The molecule has 0 saturated carbocycles. The number of amides is 3. The summed E-state index contributed by atoms with van der Waals surface area (Å²) < 4.78 is 4.64. The molecule has 2 aromatic carbocycles. The van der Waals surface area contributed by atoms with Crippen LogP contribution in [0, 0.1) is 12.3 Å². The lowest BCUT2D eigenvalue weighted by atomic mass is 10.0. The van der Waals surface area contributed by atoms with Gasteiger partial charge in [-0.15, -0.1) is 12.3 Å². The molecular formula is C33H38N6O5. The summed E-state index contributed by atoms with van der Waals surface area (Å²) in [4.78, 5) is 51.5. The number of terminal acetylenes is 1. The Kier molecular flexibility index (Phi) is 10.3. The number of likely N-dealkylation sites (tertiary alicyclic amines) is 1. The van der Waals surface area contributed by atoms with Gasteiger partial charge in [-0.05, 0) is 47.9 Å². The smallest absolute Gasteiger partial charge is 0.407 e. The summed E-state index contributed by atoms with van der Waals surface area (Å²) in [6.07, 6.45) is 11.3. The van der Waals surface area contributed by atoms with Gasteiger partial charge < -0.3 is 25.3 Å². The van der Waals surface area contributed by atoms with E-state index in [2.05, 4.69) is 55.5 Å². The van der Waals surface area contributed by atoms with Crippen molar-refractivity contribution in [2.24, 2.45) is 0 Å². The molecule has 3 atom stereocenters. The van der Waals surface area contributed by atoms with Crippen LogP contribution < -0.4 is 10.6 Å². The van der Waals surface area contributed by atoms with Crippen molar-refractivity contribution in [1.29, 1.82) is 0 Å². The molecule has 0 spiro atoms. The van der Waals surface area contributed by atoms with Crippen molar-refractivity contribution in [1.82, 2.24) is 30.6 Å². The van der Waals surface area contributed by atoms with Crippen molar-refractivity contribution in [3.05, 3.63) is 66.1 Å². The summed E-state index contributed by atoms with van der Waals surface area (Å²) >= 11 is 0. The molecule has 2 fully saturated rings. The van der Waals surface area contributed by atoms with Crippen molar-refractivity contribution in [3.63, 3.8) is 0 Å². The summed E-state index contributed by atoms with van der Waals surface area (Å²) in [6.45, 7) is 1.94. The number of hydrogen-bond donors (Lipinski definition) is 3. The molecule has 3 amide bonds. The number of nitrogens with zero attached hydrogens (tertiary/aromatic N) is 3. The molecule has 230 valence electrons. The Morgan fingerprint density at radius 1 is 1.09 bits per heavy atom. The second kappa shape index (κ2) is 14.7. The molecule has 11 nitrogen and oxygen atoms in total. The molecule has 2 aliphatic heterocycles. The first kappa shape index (κ1) is 30.8.